The zero-order chi connectivity index (χ0) is 20.4. The number of rotatable bonds is 2. The summed E-state index contributed by atoms with van der Waals surface area (Å²) in [7, 11) is 2.11. The Morgan fingerprint density at radius 2 is 1.70 bits per heavy atom. The SMILES string of the molecule is CC(C)n1c(C(=O)N2CCCC2)nc2c1CCN(C)C2.O=C(O)C(F)(F)F. The molecule has 27 heavy (non-hydrogen) atoms. The molecule has 2 aliphatic rings. The van der Waals surface area contributed by atoms with E-state index in [1.807, 2.05) is 4.90 Å². The number of aliphatic carboxylic acids is 1. The Labute approximate surface area is 155 Å². The van der Waals surface area contributed by atoms with Crippen LogP contribution in [0.25, 0.3) is 0 Å². The molecule has 0 unspecified atom stereocenters. The maximum absolute atomic E-state index is 12.7. The summed E-state index contributed by atoms with van der Waals surface area (Å²) in [5.41, 5.74) is 2.36. The van der Waals surface area contributed by atoms with Crippen LogP contribution in [0, 0.1) is 0 Å². The van der Waals surface area contributed by atoms with E-state index in [4.69, 9.17) is 14.9 Å². The summed E-state index contributed by atoms with van der Waals surface area (Å²) >= 11 is 0. The molecule has 3 rings (SSSR count). The molecule has 0 spiro atoms. The number of aromatic nitrogens is 2. The molecule has 0 atom stereocenters. The van der Waals surface area contributed by atoms with Crippen LogP contribution in [-0.2, 0) is 17.8 Å². The molecule has 1 saturated heterocycles. The Bertz CT molecular complexity index is 694. The summed E-state index contributed by atoms with van der Waals surface area (Å²) in [4.78, 5) is 30.5. The lowest BCUT2D eigenvalue weighted by Gasteiger charge is -2.24. The molecule has 1 fully saturated rings. The van der Waals surface area contributed by atoms with E-state index in [9.17, 15) is 18.0 Å². The Morgan fingerprint density at radius 1 is 1.15 bits per heavy atom. The number of fused-ring (bicyclic) bond motifs is 1. The van der Waals surface area contributed by atoms with Crippen molar-refractivity contribution in [2.75, 3.05) is 26.7 Å². The predicted octanol–water partition coefficient (Wildman–Crippen LogP) is 2.32. The predicted molar refractivity (Wildman–Crippen MR) is 91.5 cm³/mol. The first kappa shape index (κ1) is 21.2. The van der Waals surface area contributed by atoms with Crippen molar-refractivity contribution in [3.8, 4) is 0 Å². The van der Waals surface area contributed by atoms with Crippen LogP contribution in [0.3, 0.4) is 0 Å². The van der Waals surface area contributed by atoms with Crippen LogP contribution >= 0.6 is 0 Å². The molecule has 0 saturated carbocycles. The minimum Gasteiger partial charge on any atom is -0.475 e. The third-order valence-corrected chi connectivity index (χ3v) is 4.59. The van der Waals surface area contributed by atoms with Crippen molar-refractivity contribution in [2.24, 2.45) is 0 Å². The number of carboxylic acids is 1. The fourth-order valence-electron chi connectivity index (χ4n) is 3.30. The van der Waals surface area contributed by atoms with Crippen LogP contribution in [0.15, 0.2) is 0 Å². The molecule has 152 valence electrons. The smallest absolute Gasteiger partial charge is 0.475 e. The first-order chi connectivity index (χ1) is 12.5. The monoisotopic (exact) mass is 390 g/mol. The highest BCUT2D eigenvalue weighted by molar-refractivity contribution is 5.91. The normalized spacial score (nSPS) is 17.5. The second-order valence-electron chi connectivity index (χ2n) is 7.08. The second-order valence-corrected chi connectivity index (χ2v) is 7.08. The molecule has 0 bridgehead atoms. The van der Waals surface area contributed by atoms with E-state index in [1.165, 1.54) is 5.69 Å². The van der Waals surface area contributed by atoms with Gasteiger partial charge in [0.15, 0.2) is 5.82 Å². The third-order valence-electron chi connectivity index (χ3n) is 4.59. The number of nitrogens with zero attached hydrogens (tertiary/aromatic N) is 4. The maximum atomic E-state index is 12.7. The summed E-state index contributed by atoms with van der Waals surface area (Å²) in [5, 5.41) is 7.12. The van der Waals surface area contributed by atoms with Gasteiger partial charge in [-0.2, -0.15) is 13.2 Å². The standard InChI is InChI=1S/C15H24N4O.C2HF3O2/c1-11(2)19-13-6-9-17(3)10-12(13)16-14(19)15(20)18-7-4-5-8-18;3-2(4,5)1(6)7/h11H,4-10H2,1-3H3;(H,6,7). The van der Waals surface area contributed by atoms with Gasteiger partial charge in [0.05, 0.1) is 5.69 Å². The molecule has 10 heteroatoms. The summed E-state index contributed by atoms with van der Waals surface area (Å²) < 4.78 is 33.9. The number of likely N-dealkylation sites (tertiary alicyclic amines) is 1. The lowest BCUT2D eigenvalue weighted by molar-refractivity contribution is -0.192. The van der Waals surface area contributed by atoms with Crippen LogP contribution in [0.1, 0.15) is 54.7 Å². The average molecular weight is 390 g/mol. The Kier molecular flexibility index (Phi) is 6.50. The summed E-state index contributed by atoms with van der Waals surface area (Å²) in [6, 6.07) is 0.288. The highest BCUT2D eigenvalue weighted by atomic mass is 19.4. The van der Waals surface area contributed by atoms with Gasteiger partial charge in [0.25, 0.3) is 5.91 Å². The number of amides is 1. The van der Waals surface area contributed by atoms with Crippen molar-refractivity contribution in [1.29, 1.82) is 0 Å². The van der Waals surface area contributed by atoms with Gasteiger partial charge in [-0.25, -0.2) is 9.78 Å². The maximum Gasteiger partial charge on any atom is 0.490 e. The number of hydrogen-bond donors (Lipinski definition) is 1. The average Bonchev–Trinajstić information content (AvgIpc) is 3.20. The van der Waals surface area contributed by atoms with E-state index in [-0.39, 0.29) is 11.9 Å². The molecule has 0 aromatic carbocycles. The van der Waals surface area contributed by atoms with Crippen molar-refractivity contribution in [2.45, 2.75) is 51.9 Å². The summed E-state index contributed by atoms with van der Waals surface area (Å²) in [6.45, 7) is 7.95. The number of carboxylic acid groups (broad SMARTS) is 1. The van der Waals surface area contributed by atoms with Gasteiger partial charge in [-0.15, -0.1) is 0 Å². The Hall–Kier alpha value is -2.10. The summed E-state index contributed by atoms with van der Waals surface area (Å²) in [6.07, 6.45) is -1.85. The van der Waals surface area contributed by atoms with Crippen molar-refractivity contribution in [3.63, 3.8) is 0 Å². The molecule has 1 N–H and O–H groups in total. The Morgan fingerprint density at radius 3 is 2.19 bits per heavy atom. The first-order valence-electron chi connectivity index (χ1n) is 8.90. The quantitative estimate of drug-likeness (QED) is 0.839. The summed E-state index contributed by atoms with van der Waals surface area (Å²) in [5.74, 6) is -1.98. The van der Waals surface area contributed by atoms with Gasteiger partial charge >= 0.3 is 12.1 Å². The van der Waals surface area contributed by atoms with Crippen molar-refractivity contribution >= 4 is 11.9 Å². The molecular formula is C17H25F3N4O3. The molecule has 7 nitrogen and oxygen atoms in total. The van der Waals surface area contributed by atoms with Crippen LogP contribution in [0.2, 0.25) is 0 Å². The first-order valence-corrected chi connectivity index (χ1v) is 8.90. The van der Waals surface area contributed by atoms with Crippen LogP contribution in [-0.4, -0.2) is 69.2 Å². The number of imidazole rings is 1. The van der Waals surface area contributed by atoms with Crippen LogP contribution < -0.4 is 0 Å². The molecular weight excluding hydrogens is 365 g/mol. The minimum atomic E-state index is -5.08. The lowest BCUT2D eigenvalue weighted by Crippen LogP contribution is -2.31. The highest BCUT2D eigenvalue weighted by Crippen LogP contribution is 2.25. The van der Waals surface area contributed by atoms with E-state index in [2.05, 4.69) is 30.4 Å². The third kappa shape index (κ3) is 5.00. The van der Waals surface area contributed by atoms with Gasteiger partial charge in [0.2, 0.25) is 0 Å². The largest absolute Gasteiger partial charge is 0.490 e. The highest BCUT2D eigenvalue weighted by Gasteiger charge is 2.38. The van der Waals surface area contributed by atoms with E-state index in [0.717, 1.165) is 51.1 Å². The number of alkyl halides is 3. The van der Waals surface area contributed by atoms with E-state index in [0.29, 0.717) is 5.82 Å². The van der Waals surface area contributed by atoms with Crippen molar-refractivity contribution in [3.05, 3.63) is 17.2 Å². The van der Waals surface area contributed by atoms with E-state index >= 15 is 0 Å². The van der Waals surface area contributed by atoms with Gasteiger partial charge in [-0.1, -0.05) is 0 Å². The molecule has 0 radical (unpaired) electrons. The van der Waals surface area contributed by atoms with Crippen molar-refractivity contribution in [1.82, 2.24) is 19.4 Å². The molecule has 3 heterocycles. The van der Waals surface area contributed by atoms with Gasteiger partial charge in [0, 0.05) is 44.3 Å². The number of hydrogen-bond acceptors (Lipinski definition) is 4. The second kappa shape index (κ2) is 8.28. The fraction of sp³-hybridized carbons (Fsp3) is 0.706. The zero-order valence-corrected chi connectivity index (χ0v) is 15.7. The fourth-order valence-corrected chi connectivity index (χ4v) is 3.30. The molecule has 2 aliphatic heterocycles. The van der Waals surface area contributed by atoms with Gasteiger partial charge in [-0.05, 0) is 33.7 Å². The molecule has 1 amide bonds. The minimum absolute atomic E-state index is 0.119. The molecule has 1 aromatic heterocycles. The topological polar surface area (TPSA) is 78.7 Å². The van der Waals surface area contributed by atoms with Crippen LogP contribution in [0.5, 0.6) is 0 Å². The lowest BCUT2D eigenvalue weighted by atomic mass is 10.1. The molecule has 0 aliphatic carbocycles. The number of halogens is 3. The van der Waals surface area contributed by atoms with Gasteiger partial charge < -0.3 is 19.5 Å². The number of carbonyl (C=O) groups excluding carboxylic acids is 1. The number of likely N-dealkylation sites (N-methyl/N-ethyl adjacent to an activating group) is 1. The zero-order valence-electron chi connectivity index (χ0n) is 15.7. The van der Waals surface area contributed by atoms with E-state index < -0.39 is 12.1 Å². The Balaban J connectivity index is 0.000000321. The van der Waals surface area contributed by atoms with Gasteiger partial charge in [0.1, 0.15) is 0 Å². The van der Waals surface area contributed by atoms with Crippen molar-refractivity contribution < 1.29 is 27.9 Å². The molecule has 1 aromatic rings. The van der Waals surface area contributed by atoms with Crippen LogP contribution in [0.4, 0.5) is 13.2 Å². The van der Waals surface area contributed by atoms with E-state index in [1.54, 1.807) is 0 Å². The number of carbonyl (C=O) groups is 2. The van der Waals surface area contributed by atoms with Gasteiger partial charge in [-0.3, -0.25) is 4.79 Å².